The number of nitrogens with zero attached hydrogens (tertiary/aromatic N) is 4. The summed E-state index contributed by atoms with van der Waals surface area (Å²) in [4.78, 5) is 2.41. The van der Waals surface area contributed by atoms with Gasteiger partial charge in [0.25, 0.3) is 0 Å². The largest absolute Gasteiger partial charge is 0.316 e. The van der Waals surface area contributed by atoms with E-state index in [1.54, 1.807) is 16.8 Å². The number of rotatable bonds is 4. The van der Waals surface area contributed by atoms with Crippen LogP contribution in [0.5, 0.6) is 0 Å². The number of likely N-dealkylation sites (tertiary alicyclic amines) is 1. The summed E-state index contributed by atoms with van der Waals surface area (Å²) in [5.41, 5.74) is 1.82. The maximum atomic E-state index is 6.05. The summed E-state index contributed by atoms with van der Waals surface area (Å²) >= 11 is 12.0. The zero-order valence-corrected chi connectivity index (χ0v) is 15.2. The van der Waals surface area contributed by atoms with Gasteiger partial charge in [0.1, 0.15) is 0 Å². The quantitative estimate of drug-likeness (QED) is 0.890. The lowest BCUT2D eigenvalue weighted by atomic mass is 10.1. The van der Waals surface area contributed by atoms with Crippen molar-refractivity contribution in [3.63, 3.8) is 0 Å². The van der Waals surface area contributed by atoms with Gasteiger partial charge in [-0.05, 0) is 44.6 Å². The van der Waals surface area contributed by atoms with Gasteiger partial charge in [0.05, 0.1) is 27.6 Å². The Balaban J connectivity index is 0.00000192. The topological polar surface area (TPSA) is 46.0 Å². The van der Waals surface area contributed by atoms with Crippen molar-refractivity contribution in [1.29, 1.82) is 0 Å². The van der Waals surface area contributed by atoms with Gasteiger partial charge in [-0.15, -0.1) is 17.5 Å². The molecule has 5 nitrogen and oxygen atoms in total. The molecular formula is C15H20Cl3N5. The molecule has 1 aliphatic heterocycles. The molecular weight excluding hydrogens is 357 g/mol. The fourth-order valence-corrected chi connectivity index (χ4v) is 3.08. The summed E-state index contributed by atoms with van der Waals surface area (Å²) in [6, 6.07) is 6.01. The Morgan fingerprint density at radius 1 is 1.30 bits per heavy atom. The van der Waals surface area contributed by atoms with Crippen LogP contribution in [0.1, 0.15) is 18.5 Å². The molecule has 0 spiro atoms. The Kier molecular flexibility index (Phi) is 6.68. The number of hydrogen-bond donors (Lipinski definition) is 1. The molecule has 1 saturated heterocycles. The van der Waals surface area contributed by atoms with E-state index in [4.69, 9.17) is 23.2 Å². The zero-order chi connectivity index (χ0) is 15.5. The monoisotopic (exact) mass is 375 g/mol. The van der Waals surface area contributed by atoms with E-state index < -0.39 is 0 Å². The van der Waals surface area contributed by atoms with Gasteiger partial charge < -0.3 is 5.32 Å². The number of benzene rings is 1. The van der Waals surface area contributed by atoms with E-state index in [1.807, 2.05) is 19.3 Å². The number of likely N-dealkylation sites (N-methyl/N-ethyl adjacent to an activating group) is 1. The molecule has 1 fully saturated rings. The van der Waals surface area contributed by atoms with Gasteiger partial charge in [0, 0.05) is 19.1 Å². The van der Waals surface area contributed by atoms with Crippen molar-refractivity contribution in [2.45, 2.75) is 25.4 Å². The summed E-state index contributed by atoms with van der Waals surface area (Å²) < 4.78 is 1.73. The van der Waals surface area contributed by atoms with Crippen molar-refractivity contribution in [3.8, 4) is 5.69 Å². The first kappa shape index (κ1) is 18.5. The van der Waals surface area contributed by atoms with Gasteiger partial charge in [-0.1, -0.05) is 28.4 Å². The molecule has 1 aromatic carbocycles. The molecule has 2 heterocycles. The Morgan fingerprint density at radius 2 is 2.13 bits per heavy atom. The lowest BCUT2D eigenvalue weighted by molar-refractivity contribution is 0.186. The van der Waals surface area contributed by atoms with E-state index in [-0.39, 0.29) is 12.4 Å². The third kappa shape index (κ3) is 4.58. The first-order valence-electron chi connectivity index (χ1n) is 7.42. The number of nitrogens with one attached hydrogen (secondary N) is 1. The summed E-state index contributed by atoms with van der Waals surface area (Å²) in [6.07, 6.45) is 4.40. The molecule has 0 amide bonds. The fraction of sp³-hybridized carbons (Fsp3) is 0.467. The van der Waals surface area contributed by atoms with Gasteiger partial charge in [0.2, 0.25) is 0 Å². The van der Waals surface area contributed by atoms with Crippen LogP contribution < -0.4 is 5.32 Å². The van der Waals surface area contributed by atoms with Gasteiger partial charge in [-0.2, -0.15) is 0 Å². The molecule has 0 bridgehead atoms. The lowest BCUT2D eigenvalue weighted by Crippen LogP contribution is -2.43. The van der Waals surface area contributed by atoms with Gasteiger partial charge in [0.15, 0.2) is 0 Å². The minimum atomic E-state index is 0. The van der Waals surface area contributed by atoms with E-state index in [1.165, 1.54) is 12.8 Å². The molecule has 23 heavy (non-hydrogen) atoms. The SMILES string of the molecule is CNC1CCCN(Cc2cn(-c3ccc(Cl)c(Cl)c3)nn2)C1.Cl. The molecule has 1 aliphatic rings. The highest BCUT2D eigenvalue weighted by Crippen LogP contribution is 2.24. The van der Waals surface area contributed by atoms with E-state index in [9.17, 15) is 0 Å². The Hall–Kier alpha value is -0.850. The predicted octanol–water partition coefficient (Wildman–Crippen LogP) is 3.18. The van der Waals surface area contributed by atoms with Crippen molar-refractivity contribution in [2.75, 3.05) is 20.1 Å². The molecule has 0 radical (unpaired) electrons. The van der Waals surface area contributed by atoms with Crippen LogP contribution in [0.2, 0.25) is 10.0 Å². The molecule has 1 atom stereocenters. The smallest absolute Gasteiger partial charge is 0.0971 e. The van der Waals surface area contributed by atoms with Gasteiger partial charge >= 0.3 is 0 Å². The first-order chi connectivity index (χ1) is 10.7. The molecule has 2 aromatic rings. The van der Waals surface area contributed by atoms with Crippen molar-refractivity contribution in [3.05, 3.63) is 40.1 Å². The molecule has 1 aromatic heterocycles. The van der Waals surface area contributed by atoms with Crippen molar-refractivity contribution in [2.24, 2.45) is 0 Å². The van der Waals surface area contributed by atoms with E-state index in [0.29, 0.717) is 16.1 Å². The average Bonchev–Trinajstić information content (AvgIpc) is 2.98. The third-order valence-electron chi connectivity index (χ3n) is 4.01. The normalized spacial score (nSPS) is 18.7. The highest BCUT2D eigenvalue weighted by molar-refractivity contribution is 6.42. The molecule has 1 N–H and O–H groups in total. The summed E-state index contributed by atoms with van der Waals surface area (Å²) in [5, 5.41) is 12.9. The van der Waals surface area contributed by atoms with Crippen LogP contribution in [0.15, 0.2) is 24.4 Å². The van der Waals surface area contributed by atoms with E-state index in [0.717, 1.165) is 31.0 Å². The Morgan fingerprint density at radius 3 is 2.87 bits per heavy atom. The first-order valence-corrected chi connectivity index (χ1v) is 8.17. The second-order valence-electron chi connectivity index (χ2n) is 5.62. The second kappa shape index (κ2) is 8.31. The van der Waals surface area contributed by atoms with Crippen LogP contribution >= 0.6 is 35.6 Å². The zero-order valence-electron chi connectivity index (χ0n) is 12.9. The Labute approximate surface area is 152 Å². The predicted molar refractivity (Wildman–Crippen MR) is 96.0 cm³/mol. The van der Waals surface area contributed by atoms with Crippen molar-refractivity contribution >= 4 is 35.6 Å². The summed E-state index contributed by atoms with van der Waals surface area (Å²) in [5.74, 6) is 0. The highest BCUT2D eigenvalue weighted by atomic mass is 35.5. The van der Waals surface area contributed by atoms with Crippen LogP contribution in [0, 0.1) is 0 Å². The molecule has 1 unspecified atom stereocenters. The molecule has 3 rings (SSSR count). The van der Waals surface area contributed by atoms with Crippen LogP contribution in [-0.2, 0) is 6.54 Å². The van der Waals surface area contributed by atoms with Crippen LogP contribution in [0.4, 0.5) is 0 Å². The Bertz CT molecular complexity index is 646. The summed E-state index contributed by atoms with van der Waals surface area (Å²) in [6.45, 7) is 2.98. The third-order valence-corrected chi connectivity index (χ3v) is 4.75. The maximum absolute atomic E-state index is 6.05. The number of hydrogen-bond acceptors (Lipinski definition) is 4. The minimum Gasteiger partial charge on any atom is -0.316 e. The fourth-order valence-electron chi connectivity index (χ4n) is 2.79. The van der Waals surface area contributed by atoms with E-state index >= 15 is 0 Å². The van der Waals surface area contributed by atoms with Crippen molar-refractivity contribution < 1.29 is 0 Å². The number of aromatic nitrogens is 3. The van der Waals surface area contributed by atoms with Crippen LogP contribution in [0.3, 0.4) is 0 Å². The average molecular weight is 377 g/mol. The van der Waals surface area contributed by atoms with Gasteiger partial charge in [-0.25, -0.2) is 4.68 Å². The van der Waals surface area contributed by atoms with Crippen LogP contribution in [0.25, 0.3) is 5.69 Å². The lowest BCUT2D eigenvalue weighted by Gasteiger charge is -2.31. The summed E-state index contributed by atoms with van der Waals surface area (Å²) in [7, 11) is 2.02. The number of piperidine rings is 1. The molecule has 126 valence electrons. The van der Waals surface area contributed by atoms with E-state index in [2.05, 4.69) is 20.5 Å². The highest BCUT2D eigenvalue weighted by Gasteiger charge is 2.19. The van der Waals surface area contributed by atoms with Gasteiger partial charge in [-0.3, -0.25) is 4.90 Å². The molecule has 0 saturated carbocycles. The standard InChI is InChI=1S/C15H19Cl2N5.ClH/c1-18-11-3-2-6-21(8-11)9-12-10-22(20-19-12)13-4-5-14(16)15(17)7-13;/h4-5,7,10-11,18H,2-3,6,8-9H2,1H3;1H. The van der Waals surface area contributed by atoms with Crippen molar-refractivity contribution in [1.82, 2.24) is 25.2 Å². The molecule has 0 aliphatic carbocycles. The molecule has 8 heteroatoms. The van der Waals surface area contributed by atoms with Crippen LogP contribution in [-0.4, -0.2) is 46.1 Å². The minimum absolute atomic E-state index is 0. The second-order valence-corrected chi connectivity index (χ2v) is 6.43. The number of halogens is 3. The maximum Gasteiger partial charge on any atom is 0.0971 e.